The fraction of sp³-hybridized carbons (Fsp3) is 0.222. The first-order valence-electron chi connectivity index (χ1n) is 7.78. The molecule has 0 saturated heterocycles. The number of hydrogen-bond donors (Lipinski definition) is 0. The van der Waals surface area contributed by atoms with Crippen molar-refractivity contribution in [1.29, 1.82) is 0 Å². The molecule has 0 aliphatic heterocycles. The molecule has 0 radical (unpaired) electrons. The molecule has 0 saturated carbocycles. The number of ketones is 1. The van der Waals surface area contributed by atoms with Crippen molar-refractivity contribution >= 4 is 17.5 Å². The van der Waals surface area contributed by atoms with Gasteiger partial charge in [0.15, 0.2) is 5.78 Å². The molecule has 0 N–H and O–H groups in total. The van der Waals surface area contributed by atoms with Gasteiger partial charge in [-0.25, -0.2) is 4.39 Å². The Morgan fingerprint density at radius 3 is 2.76 bits per heavy atom. The van der Waals surface area contributed by atoms with E-state index in [1.807, 2.05) is 39.0 Å². The number of tetrazole rings is 1. The number of carbonyl (C=O) groups is 1. The van der Waals surface area contributed by atoms with Gasteiger partial charge in [-0.3, -0.25) is 4.79 Å². The van der Waals surface area contributed by atoms with Gasteiger partial charge in [0.1, 0.15) is 5.82 Å². The number of hydrogen-bond acceptors (Lipinski definition) is 5. The summed E-state index contributed by atoms with van der Waals surface area (Å²) in [5.74, 6) is -0.358. The van der Waals surface area contributed by atoms with Crippen LogP contribution in [0.1, 0.15) is 28.4 Å². The Labute approximate surface area is 149 Å². The number of rotatable bonds is 5. The van der Waals surface area contributed by atoms with Crippen LogP contribution in [0.2, 0.25) is 0 Å². The van der Waals surface area contributed by atoms with E-state index < -0.39 is 0 Å². The lowest BCUT2D eigenvalue weighted by Crippen LogP contribution is -2.16. The molecule has 1 aromatic heterocycles. The molecule has 5 nitrogen and oxygen atoms in total. The van der Waals surface area contributed by atoms with Crippen molar-refractivity contribution in [1.82, 2.24) is 20.2 Å². The first kappa shape index (κ1) is 17.3. The first-order valence-corrected chi connectivity index (χ1v) is 8.66. The van der Waals surface area contributed by atoms with Crippen molar-refractivity contribution in [2.75, 3.05) is 0 Å². The maximum Gasteiger partial charge on any atom is 0.214 e. The van der Waals surface area contributed by atoms with Gasteiger partial charge < -0.3 is 0 Å². The second-order valence-electron chi connectivity index (χ2n) is 5.80. The minimum Gasteiger partial charge on any atom is -0.293 e. The van der Waals surface area contributed by atoms with Gasteiger partial charge in [-0.15, -0.1) is 5.10 Å². The van der Waals surface area contributed by atoms with E-state index >= 15 is 0 Å². The monoisotopic (exact) mass is 356 g/mol. The van der Waals surface area contributed by atoms with Crippen LogP contribution in [0.15, 0.2) is 47.6 Å². The molecular weight excluding hydrogens is 339 g/mol. The molecule has 3 aromatic rings. The molecular formula is C18H17FN4OS. The molecule has 1 atom stereocenters. The van der Waals surface area contributed by atoms with Crippen LogP contribution >= 0.6 is 11.8 Å². The van der Waals surface area contributed by atoms with E-state index in [9.17, 15) is 9.18 Å². The Morgan fingerprint density at radius 2 is 2.00 bits per heavy atom. The zero-order valence-corrected chi connectivity index (χ0v) is 14.9. The molecule has 0 aliphatic rings. The summed E-state index contributed by atoms with van der Waals surface area (Å²) < 4.78 is 14.9. The fourth-order valence-corrected chi connectivity index (χ4v) is 3.33. The Bertz CT molecular complexity index is 925. The lowest BCUT2D eigenvalue weighted by molar-refractivity contribution is 0.0993. The van der Waals surface area contributed by atoms with E-state index in [0.717, 1.165) is 11.1 Å². The highest BCUT2D eigenvalue weighted by molar-refractivity contribution is 8.00. The summed E-state index contributed by atoms with van der Waals surface area (Å²) in [7, 11) is 0. The van der Waals surface area contributed by atoms with Crippen molar-refractivity contribution in [3.63, 3.8) is 0 Å². The molecule has 0 aliphatic carbocycles. The minimum atomic E-state index is -0.376. The lowest BCUT2D eigenvalue weighted by Gasteiger charge is -2.12. The zero-order chi connectivity index (χ0) is 18.0. The summed E-state index contributed by atoms with van der Waals surface area (Å²) >= 11 is 1.25. The van der Waals surface area contributed by atoms with E-state index in [0.29, 0.717) is 16.4 Å². The topological polar surface area (TPSA) is 60.7 Å². The van der Waals surface area contributed by atoms with E-state index in [2.05, 4.69) is 15.5 Å². The molecule has 0 bridgehead atoms. The summed E-state index contributed by atoms with van der Waals surface area (Å²) in [5.41, 5.74) is 3.19. The summed E-state index contributed by atoms with van der Waals surface area (Å²) in [4.78, 5) is 12.8. The number of benzene rings is 2. The molecule has 1 heterocycles. The number of nitrogens with zero attached hydrogens (tertiary/aromatic N) is 4. The third-order valence-corrected chi connectivity index (χ3v) is 4.84. The van der Waals surface area contributed by atoms with E-state index in [1.165, 1.54) is 28.6 Å². The van der Waals surface area contributed by atoms with Gasteiger partial charge in [0.05, 0.1) is 10.9 Å². The highest BCUT2D eigenvalue weighted by Crippen LogP contribution is 2.26. The quantitative estimate of drug-likeness (QED) is 0.514. The SMILES string of the molecule is Cc1ccc(C)c(C(=O)[C@@H](C)Sc2nnnn2-c2cccc(F)c2)c1. The number of thioether (sulfide) groups is 1. The number of halogens is 1. The maximum atomic E-state index is 13.4. The fourth-order valence-electron chi connectivity index (χ4n) is 2.45. The van der Waals surface area contributed by atoms with E-state index in [-0.39, 0.29) is 16.9 Å². The Balaban J connectivity index is 1.85. The minimum absolute atomic E-state index is 0.0139. The number of aryl methyl sites for hydroxylation is 2. The molecule has 0 spiro atoms. The molecule has 0 fully saturated rings. The largest absolute Gasteiger partial charge is 0.293 e. The molecule has 7 heteroatoms. The van der Waals surface area contributed by atoms with Gasteiger partial charge in [-0.2, -0.15) is 4.68 Å². The zero-order valence-electron chi connectivity index (χ0n) is 14.1. The second kappa shape index (κ2) is 7.14. The predicted octanol–water partition coefficient (Wildman–Crippen LogP) is 3.78. The van der Waals surface area contributed by atoms with Gasteiger partial charge in [0.2, 0.25) is 5.16 Å². The van der Waals surface area contributed by atoms with Gasteiger partial charge in [-0.1, -0.05) is 35.5 Å². The predicted molar refractivity (Wildman–Crippen MR) is 94.7 cm³/mol. The highest BCUT2D eigenvalue weighted by Gasteiger charge is 2.22. The molecule has 3 rings (SSSR count). The van der Waals surface area contributed by atoms with Crippen molar-refractivity contribution in [3.8, 4) is 5.69 Å². The summed E-state index contributed by atoms with van der Waals surface area (Å²) in [6.45, 7) is 5.69. The van der Waals surface area contributed by atoms with Gasteiger partial charge in [0.25, 0.3) is 0 Å². The normalized spacial score (nSPS) is 12.2. The smallest absolute Gasteiger partial charge is 0.214 e. The number of aromatic nitrogens is 4. The van der Waals surface area contributed by atoms with Crippen LogP contribution in [0.5, 0.6) is 0 Å². The van der Waals surface area contributed by atoms with Crippen LogP contribution in [0.3, 0.4) is 0 Å². The van der Waals surface area contributed by atoms with Gasteiger partial charge in [0, 0.05) is 5.56 Å². The van der Waals surface area contributed by atoms with Crippen molar-refractivity contribution in [2.45, 2.75) is 31.2 Å². The van der Waals surface area contributed by atoms with Crippen molar-refractivity contribution in [3.05, 3.63) is 65.0 Å². The maximum absolute atomic E-state index is 13.4. The molecule has 25 heavy (non-hydrogen) atoms. The van der Waals surface area contributed by atoms with Crippen molar-refractivity contribution < 1.29 is 9.18 Å². The molecule has 0 unspecified atom stereocenters. The van der Waals surface area contributed by atoms with Crippen LogP contribution in [-0.2, 0) is 0 Å². The second-order valence-corrected chi connectivity index (χ2v) is 7.10. The standard InChI is InChI=1S/C18H17FN4OS/c1-11-7-8-12(2)16(9-11)17(24)13(3)25-18-20-21-22-23(18)15-6-4-5-14(19)10-15/h4-10,13H,1-3H3/t13-/m1/s1. The van der Waals surface area contributed by atoms with Crippen LogP contribution in [0, 0.1) is 19.7 Å². The van der Waals surface area contributed by atoms with Crippen LogP contribution in [0.25, 0.3) is 5.69 Å². The summed E-state index contributed by atoms with van der Waals surface area (Å²) in [5, 5.41) is 11.6. The molecule has 128 valence electrons. The Hall–Kier alpha value is -2.54. The van der Waals surface area contributed by atoms with Crippen LogP contribution in [0.4, 0.5) is 4.39 Å². The third kappa shape index (κ3) is 3.76. The molecule has 0 amide bonds. The summed E-state index contributed by atoms with van der Waals surface area (Å²) in [6.07, 6.45) is 0. The summed E-state index contributed by atoms with van der Waals surface area (Å²) in [6, 6.07) is 11.8. The Kier molecular flexibility index (Phi) is 4.94. The lowest BCUT2D eigenvalue weighted by atomic mass is 10.0. The number of carbonyl (C=O) groups excluding carboxylic acids is 1. The average molecular weight is 356 g/mol. The molecule has 2 aromatic carbocycles. The Morgan fingerprint density at radius 1 is 1.20 bits per heavy atom. The first-order chi connectivity index (χ1) is 12.0. The third-order valence-electron chi connectivity index (χ3n) is 3.80. The van der Waals surface area contributed by atoms with E-state index in [1.54, 1.807) is 12.1 Å². The number of Topliss-reactive ketones (excluding diaryl/α,β-unsaturated/α-hetero) is 1. The highest BCUT2D eigenvalue weighted by atomic mass is 32.2. The van der Waals surface area contributed by atoms with Crippen molar-refractivity contribution in [2.24, 2.45) is 0 Å². The average Bonchev–Trinajstić information content (AvgIpc) is 3.04. The van der Waals surface area contributed by atoms with E-state index in [4.69, 9.17) is 0 Å². The van der Waals surface area contributed by atoms with Gasteiger partial charge >= 0.3 is 0 Å². The van der Waals surface area contributed by atoms with Crippen LogP contribution in [-0.4, -0.2) is 31.2 Å². The van der Waals surface area contributed by atoms with Crippen LogP contribution < -0.4 is 0 Å². The van der Waals surface area contributed by atoms with Gasteiger partial charge in [-0.05, 0) is 61.0 Å².